The Balaban J connectivity index is 1.27. The zero-order valence-electron chi connectivity index (χ0n) is 39.6. The highest BCUT2D eigenvalue weighted by Crippen LogP contribution is 2.40. The summed E-state index contributed by atoms with van der Waals surface area (Å²) in [5.74, 6) is -7.50. The molecule has 0 radical (unpaired) electrons. The van der Waals surface area contributed by atoms with Crippen LogP contribution in [0, 0.1) is 17.8 Å². The SMILES string of the molecule is C[C@@H]1CC(=O)[C@@H](N(C)C(=O)[C@H](CCCCN)CC(=O)c2ccc(-c3ccc(Cl)cc3)cc2)c2ccc(O)c(c2)-c2cc(ccc2O)C[C@@H](C(=O)C[C@@H](C)C(=O)N2CCC[C@H]2C(=O)NCC(N)=O)NC1=O. The molecule has 0 aromatic heterocycles. The van der Waals surface area contributed by atoms with Crippen LogP contribution in [0.5, 0.6) is 11.5 Å². The van der Waals surface area contributed by atoms with Crippen LogP contribution >= 0.6 is 11.6 Å². The summed E-state index contributed by atoms with van der Waals surface area (Å²) in [6.07, 6.45) is 1.33. The lowest BCUT2D eigenvalue weighted by Gasteiger charge is -2.32. The van der Waals surface area contributed by atoms with E-state index in [0.717, 1.165) is 11.1 Å². The number of benzene rings is 4. The third kappa shape index (κ3) is 12.8. The highest BCUT2D eigenvalue weighted by atomic mass is 35.5. The first kappa shape index (κ1) is 52.5. The van der Waals surface area contributed by atoms with Crippen LogP contribution < -0.4 is 22.1 Å². The molecule has 6 atom stereocenters. The van der Waals surface area contributed by atoms with Crippen LogP contribution in [-0.2, 0) is 40.0 Å². The third-order valence-electron chi connectivity index (χ3n) is 13.2. The number of aromatic hydroxyl groups is 2. The molecule has 16 nitrogen and oxygen atoms in total. The van der Waals surface area contributed by atoms with E-state index in [1.165, 1.54) is 48.0 Å². The van der Waals surface area contributed by atoms with Crippen molar-refractivity contribution < 1.29 is 48.6 Å². The number of amides is 5. The number of halogens is 1. The largest absolute Gasteiger partial charge is 0.507 e. The molecule has 2 aliphatic heterocycles. The van der Waals surface area contributed by atoms with Gasteiger partial charge in [-0.15, -0.1) is 0 Å². The van der Waals surface area contributed by atoms with Gasteiger partial charge in [-0.05, 0) is 97.3 Å². The van der Waals surface area contributed by atoms with Gasteiger partial charge in [-0.1, -0.05) is 80.4 Å². The molecular formula is C53H61ClN6O10. The van der Waals surface area contributed by atoms with E-state index < -0.39 is 83.5 Å². The molecule has 70 heavy (non-hydrogen) atoms. The molecule has 1 fully saturated rings. The second-order valence-corrected chi connectivity index (χ2v) is 18.9. The van der Waals surface area contributed by atoms with Gasteiger partial charge in [-0.25, -0.2) is 0 Å². The smallest absolute Gasteiger partial charge is 0.243 e. The summed E-state index contributed by atoms with van der Waals surface area (Å²) in [7, 11) is 1.46. The molecule has 8 N–H and O–H groups in total. The van der Waals surface area contributed by atoms with E-state index in [0.29, 0.717) is 54.8 Å². The number of hydrogen-bond donors (Lipinski definition) is 6. The van der Waals surface area contributed by atoms with E-state index >= 15 is 0 Å². The number of nitrogens with two attached hydrogens (primary N) is 2. The lowest BCUT2D eigenvalue weighted by molar-refractivity contribution is -0.143. The van der Waals surface area contributed by atoms with E-state index in [-0.39, 0.29) is 66.2 Å². The Morgan fingerprint density at radius 3 is 2.17 bits per heavy atom. The fourth-order valence-electron chi connectivity index (χ4n) is 9.30. The maximum Gasteiger partial charge on any atom is 0.243 e. The summed E-state index contributed by atoms with van der Waals surface area (Å²) < 4.78 is 0. The molecule has 4 aromatic rings. The standard InChI is InChI=1S/C53H61ClN6O10/c1-30-23-47(65)49(59(3)53(70)37(7-4-5-21-55)28-45(63)35-12-10-33(11-13-35)34-14-17-38(54)18-15-34)36-16-20-44(62)40(27-36)39-25-32(9-19-43(39)61)26-41(58-50(30)67)46(64)24-31(2)52(69)60-22-6-8-42(60)51(68)57-29-48(56)66/h9-20,25,27,30-31,37,41-42,49,61-62H,4-8,21-24,26,28-29,55H2,1-3H3,(H2,56,66)(H,57,68)(H,58,67)/t30-,31-,37-,41+,42+,49+/m1/s1. The molecule has 370 valence electrons. The van der Waals surface area contributed by atoms with Crippen LogP contribution in [0.3, 0.4) is 0 Å². The fraction of sp³-hybridized carbons (Fsp3) is 0.396. The zero-order valence-corrected chi connectivity index (χ0v) is 40.4. The second-order valence-electron chi connectivity index (χ2n) is 18.5. The number of rotatable bonds is 17. The Morgan fingerprint density at radius 1 is 0.871 bits per heavy atom. The Labute approximate surface area is 412 Å². The number of primary amides is 1. The number of Topliss-reactive ketones (excluding diaryl/α,β-unsaturated/α-hetero) is 3. The molecule has 4 bridgehead atoms. The van der Waals surface area contributed by atoms with Crippen molar-refractivity contribution in [2.75, 3.05) is 26.7 Å². The van der Waals surface area contributed by atoms with Gasteiger partial charge in [0.25, 0.3) is 0 Å². The molecule has 0 aliphatic carbocycles. The molecule has 5 amide bonds. The zero-order chi connectivity index (χ0) is 50.8. The predicted molar refractivity (Wildman–Crippen MR) is 263 cm³/mol. The molecule has 0 saturated carbocycles. The minimum Gasteiger partial charge on any atom is -0.507 e. The molecular weight excluding hydrogens is 916 g/mol. The van der Waals surface area contributed by atoms with Gasteiger partial charge in [0.1, 0.15) is 23.6 Å². The molecule has 2 heterocycles. The maximum atomic E-state index is 14.7. The van der Waals surface area contributed by atoms with Gasteiger partial charge >= 0.3 is 0 Å². The van der Waals surface area contributed by atoms with Crippen molar-refractivity contribution in [2.45, 2.75) is 89.8 Å². The molecule has 6 rings (SSSR count). The number of carbonyl (C=O) groups is 8. The highest BCUT2D eigenvalue weighted by Gasteiger charge is 2.39. The lowest BCUT2D eigenvalue weighted by atomic mass is 9.87. The summed E-state index contributed by atoms with van der Waals surface area (Å²) in [4.78, 5) is 112. The van der Waals surface area contributed by atoms with Gasteiger partial charge in [0, 0.05) is 72.3 Å². The van der Waals surface area contributed by atoms with Crippen LogP contribution in [0.1, 0.15) is 92.7 Å². The van der Waals surface area contributed by atoms with Crippen molar-refractivity contribution in [3.05, 3.63) is 107 Å². The minimum absolute atomic E-state index is 0.0850. The van der Waals surface area contributed by atoms with Gasteiger partial charge in [-0.3, -0.25) is 38.4 Å². The number of phenols is 2. The maximum absolute atomic E-state index is 14.7. The lowest BCUT2D eigenvalue weighted by Crippen LogP contribution is -2.50. The summed E-state index contributed by atoms with van der Waals surface area (Å²) >= 11 is 6.07. The number of ketones is 3. The van der Waals surface area contributed by atoms with Crippen LogP contribution in [-0.4, -0.2) is 106 Å². The number of likely N-dealkylation sites (tertiary alicyclic amines) is 1. The Bertz CT molecular complexity index is 2620. The number of hydrogen-bond acceptors (Lipinski definition) is 11. The average Bonchev–Trinajstić information content (AvgIpc) is 3.83. The number of phenolic OH excluding ortho intramolecular Hbond substituents is 2. The van der Waals surface area contributed by atoms with Gasteiger partial charge in [0.15, 0.2) is 17.3 Å². The van der Waals surface area contributed by atoms with E-state index in [1.54, 1.807) is 43.3 Å². The van der Waals surface area contributed by atoms with Crippen LogP contribution in [0.15, 0.2) is 84.9 Å². The number of fused-ring (bicyclic) bond motifs is 5. The Morgan fingerprint density at radius 2 is 1.51 bits per heavy atom. The van der Waals surface area contributed by atoms with Crippen molar-refractivity contribution >= 4 is 58.5 Å². The molecule has 0 unspecified atom stereocenters. The summed E-state index contributed by atoms with van der Waals surface area (Å²) in [6, 6.07) is 19.8. The molecule has 1 saturated heterocycles. The van der Waals surface area contributed by atoms with Gasteiger partial charge in [-0.2, -0.15) is 0 Å². The summed E-state index contributed by atoms with van der Waals surface area (Å²) in [6.45, 7) is 3.31. The number of carbonyl (C=O) groups excluding carboxylic acids is 8. The summed E-state index contributed by atoms with van der Waals surface area (Å²) in [5.41, 5.74) is 14.2. The summed E-state index contributed by atoms with van der Waals surface area (Å²) in [5, 5.41) is 28.3. The molecule has 2 aliphatic rings. The normalized spacial score (nSPS) is 19.0. The van der Waals surface area contributed by atoms with Crippen LogP contribution in [0.4, 0.5) is 0 Å². The average molecular weight is 978 g/mol. The molecule has 17 heteroatoms. The monoisotopic (exact) mass is 976 g/mol. The van der Waals surface area contributed by atoms with Crippen molar-refractivity contribution in [2.24, 2.45) is 29.2 Å². The van der Waals surface area contributed by atoms with E-state index in [2.05, 4.69) is 10.6 Å². The highest BCUT2D eigenvalue weighted by molar-refractivity contribution is 6.30. The number of likely N-dealkylation sites (N-methyl/N-ethyl adjacent to an activating group) is 1. The number of nitrogens with one attached hydrogen (secondary N) is 2. The van der Waals surface area contributed by atoms with E-state index in [9.17, 15) is 48.6 Å². The molecule has 4 aromatic carbocycles. The first-order chi connectivity index (χ1) is 33.4. The van der Waals surface area contributed by atoms with Gasteiger partial charge in [0.2, 0.25) is 29.5 Å². The number of nitrogens with zero attached hydrogens (tertiary/aromatic N) is 2. The predicted octanol–water partition coefficient (Wildman–Crippen LogP) is 5.43. The quantitative estimate of drug-likeness (QED) is 0.0575. The minimum atomic E-state index is -1.32. The van der Waals surface area contributed by atoms with Crippen molar-refractivity contribution in [3.8, 4) is 33.8 Å². The Kier molecular flexibility index (Phi) is 17.7. The van der Waals surface area contributed by atoms with Crippen molar-refractivity contribution in [1.82, 2.24) is 20.4 Å². The second kappa shape index (κ2) is 23.6. The third-order valence-corrected chi connectivity index (χ3v) is 13.5. The first-order valence-electron chi connectivity index (χ1n) is 23.6. The van der Waals surface area contributed by atoms with Crippen molar-refractivity contribution in [3.63, 3.8) is 0 Å². The van der Waals surface area contributed by atoms with Crippen LogP contribution in [0.25, 0.3) is 22.3 Å². The first-order valence-corrected chi connectivity index (χ1v) is 24.0. The topological polar surface area (TPSA) is 260 Å². The fourth-order valence-corrected chi connectivity index (χ4v) is 9.42. The van der Waals surface area contributed by atoms with Crippen molar-refractivity contribution in [1.29, 1.82) is 0 Å². The van der Waals surface area contributed by atoms with Gasteiger partial charge in [0.05, 0.1) is 12.6 Å². The van der Waals surface area contributed by atoms with E-state index in [4.69, 9.17) is 23.1 Å². The number of unbranched alkanes of at least 4 members (excludes halogenated alkanes) is 1. The van der Waals surface area contributed by atoms with E-state index in [1.807, 2.05) is 24.3 Å². The molecule has 0 spiro atoms. The van der Waals surface area contributed by atoms with Crippen LogP contribution in [0.2, 0.25) is 5.02 Å². The van der Waals surface area contributed by atoms with Gasteiger partial charge < -0.3 is 42.1 Å². The Hall–Kier alpha value is -6.91.